The van der Waals surface area contributed by atoms with Gasteiger partial charge in [0, 0.05) is 23.4 Å². The van der Waals surface area contributed by atoms with Gasteiger partial charge in [-0.2, -0.15) is 4.68 Å². The predicted octanol–water partition coefficient (Wildman–Crippen LogP) is 4.11. The van der Waals surface area contributed by atoms with Crippen molar-refractivity contribution in [1.29, 1.82) is 0 Å². The van der Waals surface area contributed by atoms with Gasteiger partial charge in [0.2, 0.25) is 0 Å². The number of tetrazole rings is 1. The van der Waals surface area contributed by atoms with Gasteiger partial charge in [-0.3, -0.25) is 4.98 Å². The highest BCUT2D eigenvalue weighted by Crippen LogP contribution is 2.44. The highest BCUT2D eigenvalue weighted by atomic mass is 19.4. The Balaban J connectivity index is 1.70. The zero-order valence-corrected chi connectivity index (χ0v) is 19.4. The largest absolute Gasteiger partial charge is 0.573 e. The quantitative estimate of drug-likeness (QED) is 0.291. The lowest BCUT2D eigenvalue weighted by Crippen LogP contribution is -2.58. The maximum Gasteiger partial charge on any atom is 0.573 e. The Morgan fingerprint density at radius 3 is 2.19 bits per heavy atom. The van der Waals surface area contributed by atoms with Crippen LogP contribution in [-0.2, 0) is 24.9 Å². The van der Waals surface area contributed by atoms with Crippen molar-refractivity contribution in [3.63, 3.8) is 0 Å². The van der Waals surface area contributed by atoms with Gasteiger partial charge in [-0.05, 0) is 36.8 Å². The molecule has 2 unspecified atom stereocenters. The van der Waals surface area contributed by atoms with Crippen LogP contribution >= 0.6 is 0 Å². The smallest absolute Gasteiger partial charge is 0.406 e. The van der Waals surface area contributed by atoms with E-state index >= 15 is 4.39 Å². The molecule has 0 aliphatic rings. The third-order valence-electron chi connectivity index (χ3n) is 5.95. The number of benzene rings is 2. The normalized spacial score (nSPS) is 15.2. The van der Waals surface area contributed by atoms with Crippen LogP contribution in [0.15, 0.2) is 67.1 Å². The average Bonchev–Trinajstić information content (AvgIpc) is 3.22. The molecule has 2 aromatic carbocycles. The lowest BCUT2D eigenvalue weighted by atomic mass is 9.77. The van der Waals surface area contributed by atoms with Crippen LogP contribution in [0.2, 0.25) is 0 Å². The summed E-state index contributed by atoms with van der Waals surface area (Å²) < 4.78 is 87.2. The summed E-state index contributed by atoms with van der Waals surface area (Å²) in [6, 6.07) is 10.0. The standard InChI is InChI=1S/C24H20F6N5O2/c1-22(27,21-10-5-16(12-31-21)15-3-7-18(8-4-15)37-24(28,29)30)23(36,13-35-14-32-33-34(35)2)19-9-6-17(25)11-20(19)26/h3-12,14,36H,13H2,1-2H3/q+1. The molecule has 194 valence electrons. The number of aromatic nitrogens is 5. The molecule has 0 radical (unpaired) electrons. The molecule has 0 aliphatic carbocycles. The molecule has 0 bridgehead atoms. The lowest BCUT2D eigenvalue weighted by molar-refractivity contribution is -0.792. The topological polar surface area (TPSA) is 76.9 Å². The van der Waals surface area contributed by atoms with E-state index in [1.54, 1.807) is 0 Å². The van der Waals surface area contributed by atoms with E-state index in [1.807, 2.05) is 0 Å². The van der Waals surface area contributed by atoms with Gasteiger partial charge >= 0.3 is 6.36 Å². The van der Waals surface area contributed by atoms with Crippen molar-refractivity contribution >= 4 is 0 Å². The molecule has 37 heavy (non-hydrogen) atoms. The van der Waals surface area contributed by atoms with Crippen molar-refractivity contribution in [2.45, 2.75) is 31.1 Å². The van der Waals surface area contributed by atoms with Gasteiger partial charge in [-0.15, -0.1) is 13.2 Å². The molecule has 0 spiro atoms. The Morgan fingerprint density at radius 2 is 1.65 bits per heavy atom. The summed E-state index contributed by atoms with van der Waals surface area (Å²) in [5, 5.41) is 19.0. The van der Waals surface area contributed by atoms with Crippen LogP contribution in [0.25, 0.3) is 11.1 Å². The van der Waals surface area contributed by atoms with Crippen LogP contribution in [0.1, 0.15) is 18.2 Å². The number of halogens is 6. The Morgan fingerprint density at radius 1 is 0.973 bits per heavy atom. The molecule has 13 heteroatoms. The number of hydrogen-bond acceptors (Lipinski definition) is 5. The third-order valence-corrected chi connectivity index (χ3v) is 5.95. The molecule has 1 N–H and O–H groups in total. The Hall–Kier alpha value is -4.00. The van der Waals surface area contributed by atoms with E-state index in [9.17, 15) is 27.1 Å². The molecule has 0 saturated carbocycles. The zero-order valence-electron chi connectivity index (χ0n) is 19.4. The second-order valence-electron chi connectivity index (χ2n) is 8.40. The molecule has 7 nitrogen and oxygen atoms in total. The number of alkyl halides is 4. The first-order chi connectivity index (χ1) is 17.3. The molecular formula is C24H20F6N5O2+. The monoisotopic (exact) mass is 524 g/mol. The maximum absolute atomic E-state index is 16.5. The second-order valence-corrected chi connectivity index (χ2v) is 8.40. The number of pyridine rings is 1. The molecule has 0 amide bonds. The summed E-state index contributed by atoms with van der Waals surface area (Å²) in [6.07, 6.45) is -2.38. The molecule has 2 aromatic heterocycles. The van der Waals surface area contributed by atoms with Gasteiger partial charge in [0.05, 0.1) is 12.7 Å². The predicted molar refractivity (Wildman–Crippen MR) is 116 cm³/mol. The number of rotatable bonds is 7. The Labute approximate surface area is 206 Å². The van der Waals surface area contributed by atoms with Crippen LogP contribution in [0, 0.1) is 11.6 Å². The van der Waals surface area contributed by atoms with Crippen molar-refractivity contribution in [1.82, 2.24) is 20.1 Å². The summed E-state index contributed by atoms with van der Waals surface area (Å²) in [5.74, 6) is -2.49. The first-order valence-corrected chi connectivity index (χ1v) is 10.7. The molecule has 0 saturated heterocycles. The summed E-state index contributed by atoms with van der Waals surface area (Å²) >= 11 is 0. The first-order valence-electron chi connectivity index (χ1n) is 10.7. The fourth-order valence-corrected chi connectivity index (χ4v) is 3.88. The number of hydrogen-bond donors (Lipinski definition) is 1. The van der Waals surface area contributed by atoms with Crippen molar-refractivity contribution < 1.29 is 40.9 Å². The molecule has 0 fully saturated rings. The summed E-state index contributed by atoms with van der Waals surface area (Å²) in [5.41, 5.74) is -5.23. The van der Waals surface area contributed by atoms with Crippen molar-refractivity contribution in [3.05, 3.63) is 90.0 Å². The molecule has 4 rings (SSSR count). The van der Waals surface area contributed by atoms with Gasteiger partial charge < -0.3 is 9.84 Å². The number of aryl methyl sites for hydroxylation is 1. The fourth-order valence-electron chi connectivity index (χ4n) is 3.88. The van der Waals surface area contributed by atoms with E-state index in [0.29, 0.717) is 17.2 Å². The summed E-state index contributed by atoms with van der Waals surface area (Å²) in [6.45, 7) is 0.446. The number of aliphatic hydroxyl groups is 1. The SMILES string of the molecule is Cn1nnc[n+]1CC(O)(c1ccc(F)cc1F)C(C)(F)c1ccc(-c2ccc(OC(F)(F)F)cc2)cn1. The zero-order chi connectivity index (χ0) is 27.0. The van der Waals surface area contributed by atoms with Gasteiger partial charge in [-0.1, -0.05) is 29.1 Å². The minimum atomic E-state index is -4.83. The fraction of sp³-hybridized carbons (Fsp3) is 0.250. The highest BCUT2D eigenvalue weighted by Gasteiger charge is 2.54. The number of nitrogens with zero attached hydrogens (tertiary/aromatic N) is 5. The second kappa shape index (κ2) is 9.47. The summed E-state index contributed by atoms with van der Waals surface area (Å²) in [7, 11) is 1.47. The average molecular weight is 524 g/mol. The first kappa shape index (κ1) is 26.1. The van der Waals surface area contributed by atoms with Crippen LogP contribution in [0.4, 0.5) is 26.3 Å². The van der Waals surface area contributed by atoms with Gasteiger partial charge in [0.15, 0.2) is 16.5 Å². The van der Waals surface area contributed by atoms with Gasteiger partial charge in [0.25, 0.3) is 6.33 Å². The Bertz CT molecular complexity index is 1390. The highest BCUT2D eigenvalue weighted by molar-refractivity contribution is 5.63. The van der Waals surface area contributed by atoms with Crippen molar-refractivity contribution in [3.8, 4) is 16.9 Å². The van der Waals surface area contributed by atoms with Crippen LogP contribution in [-0.4, -0.2) is 31.6 Å². The Kier molecular flexibility index (Phi) is 6.67. The van der Waals surface area contributed by atoms with Crippen molar-refractivity contribution in [2.75, 3.05) is 0 Å². The minimum absolute atomic E-state index is 0.282. The minimum Gasteiger partial charge on any atom is -0.406 e. The molecular weight excluding hydrogens is 504 g/mol. The van der Waals surface area contributed by atoms with Gasteiger partial charge in [-0.25, -0.2) is 13.2 Å². The van der Waals surface area contributed by atoms with E-state index in [-0.39, 0.29) is 5.69 Å². The van der Waals surface area contributed by atoms with E-state index < -0.39 is 47.1 Å². The molecule has 2 atom stereocenters. The molecule has 2 heterocycles. The van der Waals surface area contributed by atoms with Crippen LogP contribution < -0.4 is 9.42 Å². The molecule has 4 aromatic rings. The van der Waals surface area contributed by atoms with Crippen molar-refractivity contribution in [2.24, 2.45) is 7.05 Å². The lowest BCUT2D eigenvalue weighted by Gasteiger charge is -2.38. The summed E-state index contributed by atoms with van der Waals surface area (Å²) in [4.78, 5) is 5.31. The maximum atomic E-state index is 16.5. The van der Waals surface area contributed by atoms with Crippen LogP contribution in [0.5, 0.6) is 5.75 Å². The van der Waals surface area contributed by atoms with E-state index in [2.05, 4.69) is 20.0 Å². The van der Waals surface area contributed by atoms with Gasteiger partial charge in [0.1, 0.15) is 29.0 Å². The van der Waals surface area contributed by atoms with E-state index in [0.717, 1.165) is 31.2 Å². The van der Waals surface area contributed by atoms with E-state index in [1.165, 1.54) is 53.3 Å². The van der Waals surface area contributed by atoms with Crippen LogP contribution in [0.3, 0.4) is 0 Å². The van der Waals surface area contributed by atoms with E-state index in [4.69, 9.17) is 0 Å². The molecule has 0 aliphatic heterocycles. The number of ether oxygens (including phenoxy) is 1. The third kappa shape index (κ3) is 5.26.